The van der Waals surface area contributed by atoms with Gasteiger partial charge in [0.15, 0.2) is 11.5 Å². The van der Waals surface area contributed by atoms with Crippen molar-refractivity contribution in [1.82, 2.24) is 0 Å². The lowest BCUT2D eigenvalue weighted by atomic mass is 9.94. The van der Waals surface area contributed by atoms with E-state index in [1.165, 1.54) is 62.8 Å². The lowest BCUT2D eigenvalue weighted by Gasteiger charge is -2.26. The van der Waals surface area contributed by atoms with E-state index >= 15 is 0 Å². The van der Waals surface area contributed by atoms with Gasteiger partial charge in [0, 0.05) is 11.3 Å². The van der Waals surface area contributed by atoms with Crippen LogP contribution < -0.4 is 14.4 Å². The third kappa shape index (κ3) is 4.33. The van der Waals surface area contributed by atoms with Gasteiger partial charge in [-0.25, -0.2) is 0 Å². The van der Waals surface area contributed by atoms with E-state index in [9.17, 15) is 33.0 Å². The highest BCUT2D eigenvalue weighted by Crippen LogP contribution is 2.45. The summed E-state index contributed by atoms with van der Waals surface area (Å²) in [5, 5.41) is 21.1. The molecule has 7 nitrogen and oxygen atoms in total. The molecular formula is C26H20F3NO6. The van der Waals surface area contributed by atoms with Gasteiger partial charge in [0.1, 0.15) is 11.5 Å². The van der Waals surface area contributed by atoms with Gasteiger partial charge in [-0.3, -0.25) is 14.5 Å². The molecule has 3 aromatic carbocycles. The van der Waals surface area contributed by atoms with Crippen molar-refractivity contribution in [2.75, 3.05) is 19.1 Å². The van der Waals surface area contributed by atoms with Gasteiger partial charge in [0.2, 0.25) is 0 Å². The summed E-state index contributed by atoms with van der Waals surface area (Å²) >= 11 is 0. The van der Waals surface area contributed by atoms with Gasteiger partial charge < -0.3 is 19.7 Å². The third-order valence-corrected chi connectivity index (χ3v) is 5.78. The first-order chi connectivity index (χ1) is 17.1. The number of anilines is 1. The number of nitrogens with zero attached hydrogens (tertiary/aromatic N) is 1. The van der Waals surface area contributed by atoms with Crippen LogP contribution in [0, 0.1) is 0 Å². The normalized spacial score (nSPS) is 17.4. The Morgan fingerprint density at radius 2 is 1.64 bits per heavy atom. The fourth-order valence-electron chi connectivity index (χ4n) is 4.02. The average molecular weight is 499 g/mol. The van der Waals surface area contributed by atoms with Gasteiger partial charge >= 0.3 is 6.18 Å². The Labute approximate surface area is 203 Å². The van der Waals surface area contributed by atoms with Crippen molar-refractivity contribution >= 4 is 23.1 Å². The molecule has 1 heterocycles. The SMILES string of the molecule is COc1ccc(C(O)=C2C(=O)C(=O)N(c3cccc(C(F)(F)F)c3)[C@@H]2c2ccc(O)c(OC)c2)cc1. The van der Waals surface area contributed by atoms with Crippen molar-refractivity contribution in [3.8, 4) is 17.2 Å². The highest BCUT2D eigenvalue weighted by Gasteiger charge is 2.47. The summed E-state index contributed by atoms with van der Waals surface area (Å²) in [5.74, 6) is -2.48. The molecule has 3 aromatic rings. The number of aromatic hydroxyl groups is 1. The smallest absolute Gasteiger partial charge is 0.416 e. The van der Waals surface area contributed by atoms with E-state index in [0.717, 1.165) is 23.1 Å². The molecule has 186 valence electrons. The molecule has 0 saturated carbocycles. The van der Waals surface area contributed by atoms with Crippen LogP contribution in [0.15, 0.2) is 72.3 Å². The number of Topliss-reactive ketones (excluding diaryl/α,β-unsaturated/α-hetero) is 1. The van der Waals surface area contributed by atoms with Crippen LogP contribution in [0.25, 0.3) is 5.76 Å². The van der Waals surface area contributed by atoms with Gasteiger partial charge in [0.25, 0.3) is 11.7 Å². The monoisotopic (exact) mass is 499 g/mol. The molecule has 36 heavy (non-hydrogen) atoms. The summed E-state index contributed by atoms with van der Waals surface area (Å²) in [6.45, 7) is 0. The molecule has 0 bridgehead atoms. The van der Waals surface area contributed by atoms with Gasteiger partial charge in [-0.15, -0.1) is 0 Å². The maximum Gasteiger partial charge on any atom is 0.416 e. The van der Waals surface area contributed by atoms with Crippen molar-refractivity contribution in [2.45, 2.75) is 12.2 Å². The number of amides is 1. The number of alkyl halides is 3. The standard InChI is InChI=1S/C26H20F3NO6/c1-35-18-9-6-14(7-10-18)23(32)21-22(15-8-11-19(31)20(12-15)36-2)30(25(34)24(21)33)17-5-3-4-16(13-17)26(27,28)29/h3-13,22,31-32H,1-2H3/t22-/m1/s1. The number of halogens is 3. The number of ketones is 1. The number of aliphatic hydroxyl groups is 1. The zero-order chi connectivity index (χ0) is 26.2. The van der Waals surface area contributed by atoms with Crippen LogP contribution in [0.4, 0.5) is 18.9 Å². The number of carbonyl (C=O) groups excluding carboxylic acids is 2. The summed E-state index contributed by atoms with van der Waals surface area (Å²) in [6.07, 6.45) is -4.69. The van der Waals surface area contributed by atoms with Crippen molar-refractivity contribution in [3.05, 3.63) is 89.0 Å². The van der Waals surface area contributed by atoms with E-state index in [1.54, 1.807) is 0 Å². The quantitative estimate of drug-likeness (QED) is 0.290. The molecule has 0 spiro atoms. The molecule has 1 aliphatic rings. The molecule has 1 amide bonds. The first-order valence-electron chi connectivity index (χ1n) is 10.6. The summed E-state index contributed by atoms with van der Waals surface area (Å²) in [7, 11) is 2.74. The second kappa shape index (κ2) is 9.29. The van der Waals surface area contributed by atoms with Crippen LogP contribution in [0.1, 0.15) is 22.7 Å². The molecule has 10 heteroatoms. The molecule has 1 atom stereocenters. The number of ether oxygens (including phenoxy) is 2. The van der Waals surface area contributed by atoms with Crippen molar-refractivity contribution in [1.29, 1.82) is 0 Å². The minimum Gasteiger partial charge on any atom is -0.507 e. The second-order valence-electron chi connectivity index (χ2n) is 7.88. The largest absolute Gasteiger partial charge is 0.507 e. The number of aliphatic hydroxyl groups excluding tert-OH is 1. The maximum atomic E-state index is 13.4. The minimum absolute atomic E-state index is 0.00609. The van der Waals surface area contributed by atoms with Gasteiger partial charge in [-0.1, -0.05) is 12.1 Å². The van der Waals surface area contributed by atoms with E-state index in [0.29, 0.717) is 5.75 Å². The zero-order valence-electron chi connectivity index (χ0n) is 19.0. The Morgan fingerprint density at radius 1 is 0.944 bits per heavy atom. The Kier molecular flexibility index (Phi) is 6.36. The van der Waals surface area contributed by atoms with Crippen LogP contribution in [0.3, 0.4) is 0 Å². The van der Waals surface area contributed by atoms with Crippen molar-refractivity contribution < 1.29 is 42.4 Å². The molecule has 2 N–H and O–H groups in total. The first-order valence-corrected chi connectivity index (χ1v) is 10.6. The molecule has 0 radical (unpaired) electrons. The first kappa shape index (κ1) is 24.6. The lowest BCUT2D eigenvalue weighted by Crippen LogP contribution is -2.29. The number of methoxy groups -OCH3 is 2. The fraction of sp³-hybridized carbons (Fsp3) is 0.154. The van der Waals surface area contributed by atoms with Crippen LogP contribution in [0.2, 0.25) is 0 Å². The highest BCUT2D eigenvalue weighted by atomic mass is 19.4. The molecular weight excluding hydrogens is 479 g/mol. The van der Waals surface area contributed by atoms with Crippen LogP contribution >= 0.6 is 0 Å². The maximum absolute atomic E-state index is 13.4. The van der Waals surface area contributed by atoms with E-state index in [4.69, 9.17) is 9.47 Å². The third-order valence-electron chi connectivity index (χ3n) is 5.78. The van der Waals surface area contributed by atoms with Gasteiger partial charge in [-0.05, 0) is 60.2 Å². The average Bonchev–Trinajstić information content (AvgIpc) is 3.13. The molecule has 1 saturated heterocycles. The molecule has 4 rings (SSSR count). The predicted molar refractivity (Wildman–Crippen MR) is 124 cm³/mol. The Bertz CT molecular complexity index is 1360. The van der Waals surface area contributed by atoms with Gasteiger partial charge in [0.05, 0.1) is 31.4 Å². The van der Waals surface area contributed by atoms with E-state index in [-0.39, 0.29) is 33.9 Å². The fourth-order valence-corrected chi connectivity index (χ4v) is 4.02. The summed E-state index contributed by atoms with van der Waals surface area (Å²) in [6, 6.07) is 12.7. The zero-order valence-corrected chi connectivity index (χ0v) is 19.0. The molecule has 1 fully saturated rings. The molecule has 0 unspecified atom stereocenters. The summed E-state index contributed by atoms with van der Waals surface area (Å²) < 4.78 is 50.4. The number of phenolic OH excluding ortho intramolecular Hbond substituents is 1. The minimum atomic E-state index is -4.69. The molecule has 0 aromatic heterocycles. The second-order valence-corrected chi connectivity index (χ2v) is 7.88. The van der Waals surface area contributed by atoms with E-state index in [2.05, 4.69) is 0 Å². The summed E-state index contributed by atoms with van der Waals surface area (Å²) in [5.41, 5.74) is -1.14. The Hall–Kier alpha value is -4.47. The van der Waals surface area contributed by atoms with Crippen molar-refractivity contribution in [3.63, 3.8) is 0 Å². The highest BCUT2D eigenvalue weighted by molar-refractivity contribution is 6.51. The van der Waals surface area contributed by atoms with Crippen LogP contribution in [-0.2, 0) is 15.8 Å². The van der Waals surface area contributed by atoms with E-state index in [1.807, 2.05) is 0 Å². The number of rotatable bonds is 5. The van der Waals surface area contributed by atoms with Gasteiger partial charge in [-0.2, -0.15) is 13.2 Å². The Morgan fingerprint density at radius 3 is 2.25 bits per heavy atom. The topological polar surface area (TPSA) is 96.3 Å². The van der Waals surface area contributed by atoms with Crippen molar-refractivity contribution in [2.24, 2.45) is 0 Å². The number of benzene rings is 3. The Balaban J connectivity index is 1.96. The number of carbonyl (C=O) groups is 2. The number of hydrogen-bond acceptors (Lipinski definition) is 6. The number of phenols is 1. The number of hydrogen-bond donors (Lipinski definition) is 2. The summed E-state index contributed by atoms with van der Waals surface area (Å²) in [4.78, 5) is 27.2. The van der Waals surface area contributed by atoms with Crippen LogP contribution in [-0.4, -0.2) is 36.1 Å². The van der Waals surface area contributed by atoms with E-state index < -0.39 is 35.2 Å². The molecule has 1 aliphatic heterocycles. The van der Waals surface area contributed by atoms with Crippen LogP contribution in [0.5, 0.6) is 17.2 Å². The lowest BCUT2D eigenvalue weighted by molar-refractivity contribution is -0.137. The predicted octanol–water partition coefficient (Wildman–Crippen LogP) is 5.05. The molecule has 0 aliphatic carbocycles.